The van der Waals surface area contributed by atoms with Crippen LogP contribution < -0.4 is 11.1 Å². The maximum Gasteiger partial charge on any atom is 0.125 e. The van der Waals surface area contributed by atoms with Crippen LogP contribution >= 0.6 is 15.9 Å². The first-order valence-corrected chi connectivity index (χ1v) is 6.79. The van der Waals surface area contributed by atoms with Crippen LogP contribution in [0.2, 0.25) is 0 Å². The van der Waals surface area contributed by atoms with E-state index in [1.807, 2.05) is 18.2 Å². The molecular weight excluding hydrogens is 321 g/mol. The Morgan fingerprint density at radius 3 is 2.80 bits per heavy atom. The lowest BCUT2D eigenvalue weighted by Gasteiger charge is -2.13. The summed E-state index contributed by atoms with van der Waals surface area (Å²) in [5.41, 5.74) is 8.13. The predicted octanol–water partition coefficient (Wildman–Crippen LogP) is 4.46. The van der Waals surface area contributed by atoms with Crippen molar-refractivity contribution in [1.82, 2.24) is 4.98 Å². The zero-order chi connectivity index (χ0) is 14.1. The fourth-order valence-electron chi connectivity index (χ4n) is 2.04. The number of hydrogen-bond donors (Lipinski definition) is 2. The van der Waals surface area contributed by atoms with Gasteiger partial charge in [0.1, 0.15) is 5.82 Å². The Hall–Kier alpha value is -2.14. The molecule has 0 fully saturated rings. The number of hydrogen-bond acceptors (Lipinski definition) is 3. The van der Waals surface area contributed by atoms with Crippen molar-refractivity contribution >= 4 is 43.8 Å². The summed E-state index contributed by atoms with van der Waals surface area (Å²) in [6.45, 7) is 0. The van der Waals surface area contributed by atoms with E-state index in [4.69, 9.17) is 5.73 Å². The molecule has 3 rings (SSSR count). The molecule has 0 amide bonds. The summed E-state index contributed by atoms with van der Waals surface area (Å²) in [5, 5.41) is 5.02. The van der Waals surface area contributed by atoms with E-state index in [9.17, 15) is 4.39 Å². The molecule has 20 heavy (non-hydrogen) atoms. The van der Waals surface area contributed by atoms with Crippen LogP contribution in [-0.2, 0) is 0 Å². The van der Waals surface area contributed by atoms with Gasteiger partial charge in [-0.3, -0.25) is 4.98 Å². The number of aromatic nitrogens is 1. The maximum atomic E-state index is 13.3. The van der Waals surface area contributed by atoms with E-state index in [2.05, 4.69) is 26.2 Å². The predicted molar refractivity (Wildman–Crippen MR) is 83.5 cm³/mol. The van der Waals surface area contributed by atoms with Crippen LogP contribution in [0.1, 0.15) is 0 Å². The van der Waals surface area contributed by atoms with Crippen LogP contribution in [0.25, 0.3) is 10.8 Å². The highest BCUT2D eigenvalue weighted by atomic mass is 79.9. The Morgan fingerprint density at radius 1 is 1.10 bits per heavy atom. The number of benzene rings is 2. The largest absolute Gasteiger partial charge is 0.397 e. The van der Waals surface area contributed by atoms with E-state index in [1.54, 1.807) is 18.5 Å². The van der Waals surface area contributed by atoms with Crippen molar-refractivity contribution in [2.24, 2.45) is 0 Å². The smallest absolute Gasteiger partial charge is 0.125 e. The van der Waals surface area contributed by atoms with E-state index in [0.717, 1.165) is 20.9 Å². The number of fused-ring (bicyclic) bond motifs is 1. The minimum Gasteiger partial charge on any atom is -0.397 e. The molecule has 0 saturated carbocycles. The van der Waals surface area contributed by atoms with E-state index in [1.165, 1.54) is 12.1 Å². The third-order valence-electron chi connectivity index (χ3n) is 3.06. The highest BCUT2D eigenvalue weighted by Crippen LogP contribution is 2.33. The van der Waals surface area contributed by atoms with Crippen molar-refractivity contribution in [3.63, 3.8) is 0 Å². The minimum absolute atomic E-state index is 0.306. The maximum absolute atomic E-state index is 13.3. The van der Waals surface area contributed by atoms with Gasteiger partial charge in [-0.15, -0.1) is 0 Å². The number of rotatable bonds is 2. The number of nitrogens with zero attached hydrogens (tertiary/aromatic N) is 1. The molecule has 3 aromatic rings. The molecule has 0 atom stereocenters. The summed E-state index contributed by atoms with van der Waals surface area (Å²) in [6.07, 6.45) is 3.45. The van der Waals surface area contributed by atoms with Gasteiger partial charge in [0.25, 0.3) is 0 Å². The van der Waals surface area contributed by atoms with Gasteiger partial charge in [0.05, 0.1) is 17.1 Å². The number of nitrogen functional groups attached to an aromatic ring is 1. The van der Waals surface area contributed by atoms with Gasteiger partial charge in [-0.25, -0.2) is 4.39 Å². The summed E-state index contributed by atoms with van der Waals surface area (Å²) in [4.78, 5) is 4.06. The Kier molecular flexibility index (Phi) is 3.28. The van der Waals surface area contributed by atoms with Gasteiger partial charge in [-0.05, 0) is 46.3 Å². The van der Waals surface area contributed by atoms with Crippen LogP contribution in [0, 0.1) is 5.82 Å². The third kappa shape index (κ3) is 2.32. The van der Waals surface area contributed by atoms with E-state index in [-0.39, 0.29) is 5.82 Å². The van der Waals surface area contributed by atoms with Gasteiger partial charge in [-0.2, -0.15) is 0 Å². The van der Waals surface area contributed by atoms with Crippen molar-refractivity contribution in [2.75, 3.05) is 11.1 Å². The molecule has 0 aliphatic rings. The van der Waals surface area contributed by atoms with Gasteiger partial charge in [0.15, 0.2) is 0 Å². The van der Waals surface area contributed by atoms with Gasteiger partial charge in [-0.1, -0.05) is 6.07 Å². The van der Waals surface area contributed by atoms with Crippen LogP contribution in [0.3, 0.4) is 0 Å². The first-order chi connectivity index (χ1) is 9.65. The molecule has 0 aliphatic heterocycles. The zero-order valence-electron chi connectivity index (χ0n) is 10.4. The number of anilines is 3. The molecule has 2 aromatic carbocycles. The first-order valence-electron chi connectivity index (χ1n) is 5.99. The van der Waals surface area contributed by atoms with E-state index >= 15 is 0 Å². The fourth-order valence-corrected chi connectivity index (χ4v) is 2.39. The number of halogens is 2. The van der Waals surface area contributed by atoms with Gasteiger partial charge >= 0.3 is 0 Å². The van der Waals surface area contributed by atoms with Gasteiger partial charge in [0.2, 0.25) is 0 Å². The second-order valence-electron chi connectivity index (χ2n) is 4.37. The van der Waals surface area contributed by atoms with Crippen molar-refractivity contribution in [2.45, 2.75) is 0 Å². The summed E-state index contributed by atoms with van der Waals surface area (Å²) >= 11 is 3.38. The lowest BCUT2D eigenvalue weighted by atomic mass is 10.1. The lowest BCUT2D eigenvalue weighted by Crippen LogP contribution is -1.98. The monoisotopic (exact) mass is 331 g/mol. The van der Waals surface area contributed by atoms with Crippen molar-refractivity contribution in [1.29, 1.82) is 0 Å². The zero-order valence-corrected chi connectivity index (χ0v) is 12.0. The van der Waals surface area contributed by atoms with Crippen molar-refractivity contribution < 1.29 is 4.39 Å². The quantitative estimate of drug-likeness (QED) is 0.681. The Balaban J connectivity index is 2.07. The highest BCUT2D eigenvalue weighted by molar-refractivity contribution is 9.10. The SMILES string of the molecule is Nc1c(Nc2cc(F)ccc2Br)ccc2cnccc12. The lowest BCUT2D eigenvalue weighted by molar-refractivity contribution is 0.628. The molecule has 1 aromatic heterocycles. The average molecular weight is 332 g/mol. The first kappa shape index (κ1) is 12.9. The van der Waals surface area contributed by atoms with Crippen LogP contribution in [0.5, 0.6) is 0 Å². The summed E-state index contributed by atoms with van der Waals surface area (Å²) < 4.78 is 14.1. The molecule has 0 spiro atoms. The second-order valence-corrected chi connectivity index (χ2v) is 5.23. The molecule has 0 unspecified atom stereocenters. The number of nitrogens with two attached hydrogens (primary N) is 1. The molecule has 0 radical (unpaired) electrons. The third-order valence-corrected chi connectivity index (χ3v) is 3.75. The standard InChI is InChI=1S/C15H11BrFN3/c16-12-3-2-10(17)7-14(12)20-13-4-1-9-8-19-6-5-11(9)15(13)18/h1-8,20H,18H2. The Bertz CT molecular complexity index is 789. The molecular formula is C15H11BrFN3. The molecule has 3 N–H and O–H groups in total. The second kappa shape index (κ2) is 5.09. The fraction of sp³-hybridized carbons (Fsp3) is 0. The molecule has 100 valence electrons. The molecule has 5 heteroatoms. The molecule has 0 bridgehead atoms. The molecule has 0 saturated heterocycles. The van der Waals surface area contributed by atoms with E-state index < -0.39 is 0 Å². The molecule has 1 heterocycles. The van der Waals surface area contributed by atoms with Gasteiger partial charge in [0, 0.05) is 27.6 Å². The number of pyridine rings is 1. The summed E-state index contributed by atoms with van der Waals surface area (Å²) in [6, 6.07) is 10.1. The average Bonchev–Trinajstić information content (AvgIpc) is 2.46. The van der Waals surface area contributed by atoms with Crippen molar-refractivity contribution in [3.8, 4) is 0 Å². The van der Waals surface area contributed by atoms with Crippen LogP contribution in [0.4, 0.5) is 21.5 Å². The van der Waals surface area contributed by atoms with Crippen LogP contribution in [-0.4, -0.2) is 4.98 Å². The molecule has 3 nitrogen and oxygen atoms in total. The normalized spacial score (nSPS) is 10.7. The minimum atomic E-state index is -0.306. The summed E-state index contributed by atoms with van der Waals surface area (Å²) in [5.74, 6) is -0.306. The summed E-state index contributed by atoms with van der Waals surface area (Å²) in [7, 11) is 0. The van der Waals surface area contributed by atoms with Gasteiger partial charge < -0.3 is 11.1 Å². The Morgan fingerprint density at radius 2 is 1.95 bits per heavy atom. The Labute approximate surface area is 123 Å². The van der Waals surface area contributed by atoms with Crippen LogP contribution in [0.15, 0.2) is 53.3 Å². The highest BCUT2D eigenvalue weighted by Gasteiger charge is 2.07. The molecule has 0 aliphatic carbocycles. The number of nitrogens with one attached hydrogen (secondary N) is 1. The van der Waals surface area contributed by atoms with Crippen molar-refractivity contribution in [3.05, 3.63) is 59.1 Å². The van der Waals surface area contributed by atoms with E-state index in [0.29, 0.717) is 11.4 Å². The topological polar surface area (TPSA) is 50.9 Å².